The fourth-order valence-corrected chi connectivity index (χ4v) is 2.22. The molecule has 0 radical (unpaired) electrons. The zero-order chi connectivity index (χ0) is 11.1. The van der Waals surface area contributed by atoms with Gasteiger partial charge in [-0.15, -0.1) is 0 Å². The predicted molar refractivity (Wildman–Crippen MR) is 63.9 cm³/mol. The van der Waals surface area contributed by atoms with Crippen molar-refractivity contribution in [3.63, 3.8) is 0 Å². The average Bonchev–Trinajstić information content (AvgIpc) is 2.29. The molecule has 0 N–H and O–H groups in total. The van der Waals surface area contributed by atoms with Gasteiger partial charge in [0.2, 0.25) is 0 Å². The molecule has 3 heteroatoms. The fraction of sp³-hybridized carbons (Fsp3) is 0.417. The van der Waals surface area contributed by atoms with E-state index in [9.17, 15) is 0 Å². The molecule has 0 fully saturated rings. The van der Waals surface area contributed by atoms with Gasteiger partial charge < -0.3 is 4.74 Å². The molecule has 0 aliphatic rings. The van der Waals surface area contributed by atoms with Crippen LogP contribution in [0.15, 0.2) is 24.3 Å². The fourth-order valence-electron chi connectivity index (χ4n) is 1.27. The lowest BCUT2D eigenvalue weighted by Crippen LogP contribution is -1.96. The minimum Gasteiger partial charge on any atom is -0.384 e. The highest BCUT2D eigenvalue weighted by atomic mass is 32.2. The van der Waals surface area contributed by atoms with E-state index in [4.69, 9.17) is 10.00 Å². The zero-order valence-electron chi connectivity index (χ0n) is 9.06. The van der Waals surface area contributed by atoms with Gasteiger partial charge >= 0.3 is 0 Å². The van der Waals surface area contributed by atoms with Crippen molar-refractivity contribution in [2.45, 2.75) is 12.2 Å². The van der Waals surface area contributed by atoms with E-state index < -0.39 is 0 Å². The Morgan fingerprint density at radius 1 is 1.53 bits per heavy atom. The Labute approximate surface area is 95.3 Å². The third-order valence-electron chi connectivity index (χ3n) is 2.14. The van der Waals surface area contributed by atoms with Crippen LogP contribution in [-0.4, -0.2) is 19.5 Å². The highest BCUT2D eigenvalue weighted by Gasteiger charge is 2.05. The summed E-state index contributed by atoms with van der Waals surface area (Å²) in [5.41, 5.74) is 1.93. The molecule has 0 amide bonds. The van der Waals surface area contributed by atoms with Crippen molar-refractivity contribution in [2.24, 2.45) is 0 Å². The molecule has 0 aliphatic carbocycles. The van der Waals surface area contributed by atoms with Gasteiger partial charge in [0.1, 0.15) is 0 Å². The van der Waals surface area contributed by atoms with E-state index in [0.717, 1.165) is 17.9 Å². The number of hydrogen-bond donors (Lipinski definition) is 0. The number of benzene rings is 1. The molecule has 0 aliphatic heterocycles. The molecule has 0 saturated carbocycles. The van der Waals surface area contributed by atoms with Crippen molar-refractivity contribution in [1.29, 1.82) is 5.26 Å². The van der Waals surface area contributed by atoms with Crippen molar-refractivity contribution < 1.29 is 4.74 Å². The topological polar surface area (TPSA) is 33.0 Å². The lowest BCUT2D eigenvalue weighted by atomic mass is 10.1. The number of nitriles is 1. The van der Waals surface area contributed by atoms with Gasteiger partial charge in [-0.3, -0.25) is 0 Å². The van der Waals surface area contributed by atoms with Crippen LogP contribution in [0, 0.1) is 11.3 Å². The quantitative estimate of drug-likeness (QED) is 0.717. The van der Waals surface area contributed by atoms with Gasteiger partial charge in [-0.05, 0) is 24.6 Å². The minimum atomic E-state index is 0.411. The van der Waals surface area contributed by atoms with Crippen LogP contribution < -0.4 is 0 Å². The molecule has 1 rings (SSSR count). The summed E-state index contributed by atoms with van der Waals surface area (Å²) in [5, 5.41) is 9.19. The second-order valence-corrected chi connectivity index (χ2v) is 4.69. The number of thioether (sulfide) groups is 1. The van der Waals surface area contributed by atoms with Crippen molar-refractivity contribution in [3.8, 4) is 6.07 Å². The van der Waals surface area contributed by atoms with Gasteiger partial charge in [0.25, 0.3) is 0 Å². The van der Waals surface area contributed by atoms with Crippen LogP contribution in [0.25, 0.3) is 0 Å². The molecule has 1 aromatic rings. The molecule has 0 heterocycles. The van der Waals surface area contributed by atoms with E-state index >= 15 is 0 Å². The Hall–Kier alpha value is -0.980. The third-order valence-corrected chi connectivity index (χ3v) is 3.31. The van der Waals surface area contributed by atoms with E-state index in [1.807, 2.05) is 30.0 Å². The van der Waals surface area contributed by atoms with Gasteiger partial charge in [-0.25, -0.2) is 0 Å². The summed E-state index contributed by atoms with van der Waals surface area (Å²) in [7, 11) is 1.71. The van der Waals surface area contributed by atoms with E-state index in [2.05, 4.69) is 19.1 Å². The number of hydrogen-bond acceptors (Lipinski definition) is 3. The molecule has 0 bridgehead atoms. The van der Waals surface area contributed by atoms with E-state index in [1.54, 1.807) is 7.11 Å². The number of ether oxygens (including phenoxy) is 1. The molecule has 80 valence electrons. The second kappa shape index (κ2) is 6.49. The molecule has 15 heavy (non-hydrogen) atoms. The Kier molecular flexibility index (Phi) is 5.23. The summed E-state index contributed by atoms with van der Waals surface area (Å²) in [6.45, 7) is 2.92. The number of nitrogens with zero attached hydrogens (tertiary/aromatic N) is 1. The van der Waals surface area contributed by atoms with Crippen LogP contribution in [0.1, 0.15) is 23.3 Å². The first-order chi connectivity index (χ1) is 7.27. The van der Waals surface area contributed by atoms with E-state index in [1.165, 1.54) is 5.56 Å². The van der Waals surface area contributed by atoms with Gasteiger partial charge in [0.15, 0.2) is 0 Å². The normalized spacial score (nSPS) is 12.1. The lowest BCUT2D eigenvalue weighted by Gasteiger charge is -2.11. The summed E-state index contributed by atoms with van der Waals surface area (Å²) in [6, 6.07) is 9.93. The summed E-state index contributed by atoms with van der Waals surface area (Å²) in [5.74, 6) is 0.981. The third kappa shape index (κ3) is 3.94. The predicted octanol–water partition coefficient (Wildman–Crippen LogP) is 3.00. The molecular formula is C12H15NOS. The van der Waals surface area contributed by atoms with Crippen LogP contribution in [0.3, 0.4) is 0 Å². The standard InChI is InChI=1S/C12H15NOS/c1-10(15-7-6-14-2)12-5-3-4-11(8-12)9-13/h3-5,8,10H,6-7H2,1-2H3/t10-/m1/s1. The van der Waals surface area contributed by atoms with Gasteiger partial charge in [-0.2, -0.15) is 17.0 Å². The molecule has 2 nitrogen and oxygen atoms in total. The highest BCUT2D eigenvalue weighted by Crippen LogP contribution is 2.28. The largest absolute Gasteiger partial charge is 0.384 e. The van der Waals surface area contributed by atoms with Gasteiger partial charge in [-0.1, -0.05) is 12.1 Å². The molecule has 0 unspecified atom stereocenters. The monoisotopic (exact) mass is 221 g/mol. The summed E-state index contributed by atoms with van der Waals surface area (Å²) in [4.78, 5) is 0. The maximum atomic E-state index is 8.78. The molecule has 1 aromatic carbocycles. The maximum Gasteiger partial charge on any atom is 0.0991 e. The molecule has 0 saturated heterocycles. The Morgan fingerprint density at radius 3 is 3.00 bits per heavy atom. The Morgan fingerprint density at radius 2 is 2.33 bits per heavy atom. The number of methoxy groups -OCH3 is 1. The maximum absolute atomic E-state index is 8.78. The molecular weight excluding hydrogens is 206 g/mol. The molecule has 0 aromatic heterocycles. The van der Waals surface area contributed by atoms with Gasteiger partial charge in [0.05, 0.1) is 18.2 Å². The smallest absolute Gasteiger partial charge is 0.0991 e. The average molecular weight is 221 g/mol. The van der Waals surface area contributed by atoms with Crippen LogP contribution >= 0.6 is 11.8 Å². The second-order valence-electron chi connectivity index (χ2n) is 3.24. The van der Waals surface area contributed by atoms with Crippen molar-refractivity contribution in [1.82, 2.24) is 0 Å². The van der Waals surface area contributed by atoms with Crippen molar-refractivity contribution in [2.75, 3.05) is 19.5 Å². The van der Waals surface area contributed by atoms with Crippen LogP contribution in [-0.2, 0) is 4.74 Å². The first kappa shape index (κ1) is 12.1. The lowest BCUT2D eigenvalue weighted by molar-refractivity contribution is 0.218. The summed E-state index contributed by atoms with van der Waals surface area (Å²) >= 11 is 1.84. The minimum absolute atomic E-state index is 0.411. The van der Waals surface area contributed by atoms with Crippen molar-refractivity contribution in [3.05, 3.63) is 35.4 Å². The van der Waals surface area contributed by atoms with E-state index in [-0.39, 0.29) is 0 Å². The van der Waals surface area contributed by atoms with Crippen LogP contribution in [0.4, 0.5) is 0 Å². The highest BCUT2D eigenvalue weighted by molar-refractivity contribution is 7.99. The zero-order valence-corrected chi connectivity index (χ0v) is 9.88. The first-order valence-electron chi connectivity index (χ1n) is 4.88. The van der Waals surface area contributed by atoms with Crippen molar-refractivity contribution >= 4 is 11.8 Å². The molecule has 0 spiro atoms. The van der Waals surface area contributed by atoms with Crippen LogP contribution in [0.2, 0.25) is 0 Å². The summed E-state index contributed by atoms with van der Waals surface area (Å²) in [6.07, 6.45) is 0. The van der Waals surface area contributed by atoms with E-state index in [0.29, 0.717) is 5.25 Å². The Balaban J connectivity index is 2.57. The molecule has 1 atom stereocenters. The first-order valence-corrected chi connectivity index (χ1v) is 5.93. The Bertz CT molecular complexity index is 346. The SMILES string of the molecule is COCCS[C@H](C)c1cccc(C#N)c1. The van der Waals surface area contributed by atoms with Crippen LogP contribution in [0.5, 0.6) is 0 Å². The summed E-state index contributed by atoms with van der Waals surface area (Å²) < 4.78 is 5.00. The van der Waals surface area contributed by atoms with Gasteiger partial charge in [0, 0.05) is 18.1 Å². The number of rotatable bonds is 5.